The van der Waals surface area contributed by atoms with Crippen molar-refractivity contribution in [2.24, 2.45) is 11.7 Å². The second-order valence-corrected chi connectivity index (χ2v) is 6.78. The van der Waals surface area contributed by atoms with Gasteiger partial charge in [0.25, 0.3) is 5.91 Å². The van der Waals surface area contributed by atoms with Crippen molar-refractivity contribution in [2.75, 3.05) is 11.9 Å². The molecular formula is C17H18N4O3S. The van der Waals surface area contributed by atoms with Crippen LogP contribution < -0.4 is 16.4 Å². The summed E-state index contributed by atoms with van der Waals surface area (Å²) in [6, 6.07) is 7.23. The number of nitrogens with one attached hydrogen (secondary N) is 2. The second kappa shape index (κ2) is 7.54. The number of nitrogens with two attached hydrogens (primary N) is 1. The van der Waals surface area contributed by atoms with Crippen LogP contribution in [0.3, 0.4) is 0 Å². The molecule has 1 fully saturated rings. The largest absolute Gasteiger partial charge is 0.330 e. The fraction of sp³-hybridized carbons (Fsp3) is 0.294. The zero-order valence-corrected chi connectivity index (χ0v) is 14.3. The molecule has 0 aliphatic carbocycles. The first-order chi connectivity index (χ1) is 12.0. The average Bonchev–Trinajstić information content (AvgIpc) is 3.16. The van der Waals surface area contributed by atoms with Crippen molar-refractivity contribution in [2.45, 2.75) is 19.3 Å². The van der Waals surface area contributed by atoms with E-state index in [2.05, 4.69) is 15.6 Å². The Bertz CT molecular complexity index is 800. The maximum atomic E-state index is 12.2. The first-order valence-corrected chi connectivity index (χ1v) is 8.81. The van der Waals surface area contributed by atoms with Crippen LogP contribution in [0.2, 0.25) is 0 Å². The van der Waals surface area contributed by atoms with E-state index >= 15 is 0 Å². The van der Waals surface area contributed by atoms with E-state index in [9.17, 15) is 14.4 Å². The summed E-state index contributed by atoms with van der Waals surface area (Å²) in [6.45, 7) is 0.501. The van der Waals surface area contributed by atoms with Gasteiger partial charge in [0.05, 0.1) is 10.9 Å². The number of imide groups is 1. The smallest absolute Gasteiger partial charge is 0.275 e. The zero-order chi connectivity index (χ0) is 17.8. The van der Waals surface area contributed by atoms with Gasteiger partial charge in [-0.3, -0.25) is 19.7 Å². The van der Waals surface area contributed by atoms with Gasteiger partial charge in [-0.25, -0.2) is 4.98 Å². The van der Waals surface area contributed by atoms with E-state index in [1.807, 2.05) is 12.1 Å². The normalized spacial score (nSPS) is 16.8. The van der Waals surface area contributed by atoms with Crippen LogP contribution in [0.5, 0.6) is 0 Å². The molecule has 25 heavy (non-hydrogen) atoms. The first-order valence-electron chi connectivity index (χ1n) is 7.93. The SMILES string of the molecule is NCCc1nc(C(=O)Nc2ccc(CC3CC(=O)NC3=O)cc2)cs1. The third-order valence-corrected chi connectivity index (χ3v) is 4.81. The highest BCUT2D eigenvalue weighted by Gasteiger charge is 2.30. The number of carbonyl (C=O) groups is 3. The first kappa shape index (κ1) is 17.2. The molecular weight excluding hydrogens is 340 g/mol. The van der Waals surface area contributed by atoms with E-state index in [-0.39, 0.29) is 30.1 Å². The number of benzene rings is 1. The van der Waals surface area contributed by atoms with E-state index in [0.717, 1.165) is 10.6 Å². The van der Waals surface area contributed by atoms with Gasteiger partial charge in [-0.15, -0.1) is 11.3 Å². The number of aromatic nitrogens is 1. The summed E-state index contributed by atoms with van der Waals surface area (Å²) in [7, 11) is 0. The molecule has 0 spiro atoms. The van der Waals surface area contributed by atoms with Crippen LogP contribution >= 0.6 is 11.3 Å². The summed E-state index contributed by atoms with van der Waals surface area (Å²) < 4.78 is 0. The molecule has 1 aliphatic rings. The number of amides is 3. The van der Waals surface area contributed by atoms with Gasteiger partial charge < -0.3 is 11.1 Å². The van der Waals surface area contributed by atoms with Crippen molar-refractivity contribution in [3.05, 3.63) is 45.9 Å². The standard InChI is InChI=1S/C17H18N4O3S/c18-6-5-15-20-13(9-25-15)17(24)19-12-3-1-10(2-4-12)7-11-8-14(22)21-16(11)23/h1-4,9,11H,5-8,18H2,(H,19,24)(H,21,22,23). The van der Waals surface area contributed by atoms with Crippen molar-refractivity contribution in [3.63, 3.8) is 0 Å². The van der Waals surface area contributed by atoms with E-state index in [1.54, 1.807) is 17.5 Å². The minimum absolute atomic E-state index is 0.223. The summed E-state index contributed by atoms with van der Waals surface area (Å²) in [4.78, 5) is 39.3. The van der Waals surface area contributed by atoms with E-state index in [1.165, 1.54) is 11.3 Å². The van der Waals surface area contributed by atoms with E-state index in [0.29, 0.717) is 30.8 Å². The Morgan fingerprint density at radius 2 is 2.08 bits per heavy atom. The summed E-state index contributed by atoms with van der Waals surface area (Å²) in [6.07, 6.45) is 1.39. The van der Waals surface area contributed by atoms with Crippen LogP contribution in [0.25, 0.3) is 0 Å². The molecule has 3 rings (SSSR count). The molecule has 1 aromatic heterocycles. The number of thiazole rings is 1. The quantitative estimate of drug-likeness (QED) is 0.669. The minimum atomic E-state index is -0.316. The van der Waals surface area contributed by atoms with Gasteiger partial charge in [-0.2, -0.15) is 0 Å². The Morgan fingerprint density at radius 1 is 1.32 bits per heavy atom. The molecule has 1 unspecified atom stereocenters. The van der Waals surface area contributed by atoms with E-state index < -0.39 is 0 Å². The number of hydrogen-bond donors (Lipinski definition) is 3. The van der Waals surface area contributed by atoms with Gasteiger partial charge >= 0.3 is 0 Å². The molecule has 8 heteroatoms. The minimum Gasteiger partial charge on any atom is -0.330 e. The van der Waals surface area contributed by atoms with Crippen LogP contribution in [-0.4, -0.2) is 29.3 Å². The fourth-order valence-corrected chi connectivity index (χ4v) is 3.42. The summed E-state index contributed by atoms with van der Waals surface area (Å²) in [5.74, 6) is -1.03. The molecule has 2 aromatic rings. The molecule has 0 bridgehead atoms. The molecule has 130 valence electrons. The van der Waals surface area contributed by atoms with Gasteiger partial charge in [0, 0.05) is 23.9 Å². The third-order valence-electron chi connectivity index (χ3n) is 3.90. The summed E-state index contributed by atoms with van der Waals surface area (Å²) >= 11 is 1.42. The molecule has 7 nitrogen and oxygen atoms in total. The van der Waals surface area contributed by atoms with Crippen molar-refractivity contribution in [3.8, 4) is 0 Å². The van der Waals surface area contributed by atoms with Crippen LogP contribution in [0.4, 0.5) is 5.69 Å². The predicted octanol–water partition coefficient (Wildman–Crippen LogP) is 1.10. The van der Waals surface area contributed by atoms with Gasteiger partial charge in [0.15, 0.2) is 0 Å². The molecule has 4 N–H and O–H groups in total. The van der Waals surface area contributed by atoms with Gasteiger partial charge in [-0.05, 0) is 30.7 Å². The lowest BCUT2D eigenvalue weighted by Crippen LogP contribution is -2.22. The monoisotopic (exact) mass is 358 g/mol. The van der Waals surface area contributed by atoms with Gasteiger partial charge in [0.1, 0.15) is 5.69 Å². The highest BCUT2D eigenvalue weighted by atomic mass is 32.1. The lowest BCUT2D eigenvalue weighted by atomic mass is 9.98. The molecule has 1 saturated heterocycles. The lowest BCUT2D eigenvalue weighted by Gasteiger charge is -2.08. The van der Waals surface area contributed by atoms with Crippen molar-refractivity contribution in [1.82, 2.24) is 10.3 Å². The van der Waals surface area contributed by atoms with Gasteiger partial charge in [0.2, 0.25) is 11.8 Å². The average molecular weight is 358 g/mol. The number of nitrogens with zero attached hydrogens (tertiary/aromatic N) is 1. The van der Waals surface area contributed by atoms with Gasteiger partial charge in [-0.1, -0.05) is 12.1 Å². The molecule has 1 aromatic carbocycles. The van der Waals surface area contributed by atoms with Crippen molar-refractivity contribution >= 4 is 34.7 Å². The maximum Gasteiger partial charge on any atom is 0.275 e. The number of anilines is 1. The molecule has 1 aliphatic heterocycles. The third kappa shape index (κ3) is 4.28. The van der Waals surface area contributed by atoms with E-state index in [4.69, 9.17) is 5.73 Å². The highest BCUT2D eigenvalue weighted by molar-refractivity contribution is 7.09. The summed E-state index contributed by atoms with van der Waals surface area (Å²) in [5.41, 5.74) is 7.44. The van der Waals surface area contributed by atoms with Crippen LogP contribution in [0.15, 0.2) is 29.6 Å². The van der Waals surface area contributed by atoms with Crippen LogP contribution in [-0.2, 0) is 22.4 Å². The highest BCUT2D eigenvalue weighted by Crippen LogP contribution is 2.19. The molecule has 0 saturated carbocycles. The molecule has 0 radical (unpaired) electrons. The number of rotatable bonds is 6. The summed E-state index contributed by atoms with van der Waals surface area (Å²) in [5, 5.41) is 7.65. The molecule has 3 amide bonds. The number of carbonyl (C=O) groups excluding carboxylic acids is 3. The van der Waals surface area contributed by atoms with Crippen molar-refractivity contribution in [1.29, 1.82) is 0 Å². The fourth-order valence-electron chi connectivity index (χ4n) is 2.63. The molecule has 2 heterocycles. The van der Waals surface area contributed by atoms with Crippen LogP contribution in [0, 0.1) is 5.92 Å². The maximum absolute atomic E-state index is 12.2. The second-order valence-electron chi connectivity index (χ2n) is 5.83. The Balaban J connectivity index is 1.59. The Kier molecular flexibility index (Phi) is 5.20. The van der Waals surface area contributed by atoms with Crippen molar-refractivity contribution < 1.29 is 14.4 Å². The Labute approximate surface area is 148 Å². The van der Waals surface area contributed by atoms with Crippen LogP contribution in [0.1, 0.15) is 27.5 Å². The lowest BCUT2D eigenvalue weighted by molar-refractivity contribution is -0.125. The Hall–Kier alpha value is -2.58. The molecule has 1 atom stereocenters. The topological polar surface area (TPSA) is 114 Å². The Morgan fingerprint density at radius 3 is 2.72 bits per heavy atom. The predicted molar refractivity (Wildman–Crippen MR) is 94.2 cm³/mol. The number of hydrogen-bond acceptors (Lipinski definition) is 6. The zero-order valence-electron chi connectivity index (χ0n) is 13.5.